The molecule has 2 aliphatic heterocycles. The minimum Gasteiger partial charge on any atom is -0.349 e. The fraction of sp³-hybridized carbons (Fsp3) is 0.375. The van der Waals surface area contributed by atoms with Crippen molar-refractivity contribution in [2.45, 2.75) is 37.8 Å². The van der Waals surface area contributed by atoms with E-state index in [0.29, 0.717) is 5.82 Å². The first-order valence-corrected chi connectivity index (χ1v) is 10.8. The smallest absolute Gasteiger partial charge is 0.242 e. The number of nitrogens with zero attached hydrogens (tertiary/aromatic N) is 4. The van der Waals surface area contributed by atoms with E-state index in [9.17, 15) is 4.79 Å². The lowest BCUT2D eigenvalue weighted by molar-refractivity contribution is -0.123. The van der Waals surface area contributed by atoms with Crippen LogP contribution in [0.15, 0.2) is 60.7 Å². The van der Waals surface area contributed by atoms with Gasteiger partial charge >= 0.3 is 0 Å². The fourth-order valence-electron chi connectivity index (χ4n) is 4.60. The van der Waals surface area contributed by atoms with Crippen molar-refractivity contribution in [3.63, 3.8) is 0 Å². The van der Waals surface area contributed by atoms with Crippen molar-refractivity contribution in [2.75, 3.05) is 19.6 Å². The molecule has 1 fully saturated rings. The molecular formula is C24H27N5O. The quantitative estimate of drug-likeness (QED) is 0.730. The van der Waals surface area contributed by atoms with Gasteiger partial charge in [-0.15, -0.1) is 0 Å². The highest BCUT2D eigenvalue weighted by molar-refractivity contribution is 5.77. The van der Waals surface area contributed by atoms with Gasteiger partial charge in [-0.2, -0.15) is 5.10 Å². The maximum Gasteiger partial charge on any atom is 0.242 e. The van der Waals surface area contributed by atoms with Crippen molar-refractivity contribution < 1.29 is 4.79 Å². The van der Waals surface area contributed by atoms with Crippen molar-refractivity contribution >= 4 is 5.91 Å². The Bertz CT molecular complexity index is 1010. The van der Waals surface area contributed by atoms with Crippen molar-refractivity contribution in [3.8, 4) is 11.4 Å². The first-order valence-electron chi connectivity index (χ1n) is 10.8. The van der Waals surface area contributed by atoms with E-state index in [1.54, 1.807) is 4.68 Å². The number of piperidine rings is 1. The Morgan fingerprint density at radius 1 is 0.967 bits per heavy atom. The van der Waals surface area contributed by atoms with Crippen LogP contribution in [0.5, 0.6) is 0 Å². The number of hydrogen-bond donors (Lipinski definition) is 1. The number of carbonyl (C=O) groups excluding carboxylic acids is 1. The zero-order chi connectivity index (χ0) is 20.4. The van der Waals surface area contributed by atoms with Gasteiger partial charge in [-0.05, 0) is 24.8 Å². The normalized spacial score (nSPS) is 18.6. The second-order valence-electron chi connectivity index (χ2n) is 8.46. The molecule has 1 amide bonds. The molecule has 0 saturated carbocycles. The Kier molecular flexibility index (Phi) is 5.09. The molecule has 0 atom stereocenters. The first-order chi connectivity index (χ1) is 14.7. The maximum absolute atomic E-state index is 12.6. The number of rotatable bonds is 4. The van der Waals surface area contributed by atoms with Crippen LogP contribution in [-0.4, -0.2) is 50.7 Å². The molecule has 6 nitrogen and oxygen atoms in total. The van der Waals surface area contributed by atoms with E-state index in [2.05, 4.69) is 45.6 Å². The molecule has 3 heterocycles. The van der Waals surface area contributed by atoms with Crippen molar-refractivity contribution in [3.05, 3.63) is 72.1 Å². The Morgan fingerprint density at radius 3 is 2.40 bits per heavy atom. The predicted molar refractivity (Wildman–Crippen MR) is 116 cm³/mol. The standard InChI is InChI=1S/C24H27N5O/c30-22-18-29-21(25-23(27-29)20-9-5-2-6-10-20)17-24(26-22)12-15-28(16-13-24)14-11-19-7-3-1-4-8-19/h1-10H,11-18H2,(H,26,30). The van der Waals surface area contributed by atoms with Crippen LogP contribution in [0.2, 0.25) is 0 Å². The second kappa shape index (κ2) is 8.03. The molecule has 1 spiro atoms. The summed E-state index contributed by atoms with van der Waals surface area (Å²) in [6.07, 6.45) is 3.70. The van der Waals surface area contributed by atoms with Crippen molar-refractivity contribution in [2.24, 2.45) is 0 Å². The lowest BCUT2D eigenvalue weighted by Crippen LogP contribution is -2.56. The molecule has 3 aromatic rings. The molecule has 0 unspecified atom stereocenters. The summed E-state index contributed by atoms with van der Waals surface area (Å²) in [6, 6.07) is 20.6. The van der Waals surface area contributed by atoms with Gasteiger partial charge in [0.2, 0.25) is 5.91 Å². The zero-order valence-electron chi connectivity index (χ0n) is 17.1. The number of amides is 1. The first kappa shape index (κ1) is 19.0. The van der Waals surface area contributed by atoms with Gasteiger partial charge in [0.15, 0.2) is 5.82 Å². The summed E-state index contributed by atoms with van der Waals surface area (Å²) < 4.78 is 1.79. The molecule has 5 rings (SSSR count). The van der Waals surface area contributed by atoms with E-state index in [1.165, 1.54) is 5.56 Å². The maximum atomic E-state index is 12.6. The van der Waals surface area contributed by atoms with Gasteiger partial charge in [-0.1, -0.05) is 60.7 Å². The highest BCUT2D eigenvalue weighted by Gasteiger charge is 2.39. The van der Waals surface area contributed by atoms with Crippen LogP contribution in [-0.2, 0) is 24.2 Å². The summed E-state index contributed by atoms with van der Waals surface area (Å²) in [4.78, 5) is 20.0. The Hall–Kier alpha value is -2.99. The molecule has 30 heavy (non-hydrogen) atoms. The molecular weight excluding hydrogens is 374 g/mol. The van der Waals surface area contributed by atoms with Crippen LogP contribution in [0.25, 0.3) is 11.4 Å². The number of nitrogens with one attached hydrogen (secondary N) is 1. The van der Waals surface area contributed by atoms with E-state index >= 15 is 0 Å². The van der Waals surface area contributed by atoms with E-state index < -0.39 is 0 Å². The van der Waals surface area contributed by atoms with Gasteiger partial charge in [0.25, 0.3) is 0 Å². The number of likely N-dealkylation sites (tertiary alicyclic amines) is 1. The molecule has 2 aliphatic rings. The SMILES string of the molecule is O=C1Cn2nc(-c3ccccc3)nc2CC2(CCN(CCc3ccccc3)CC2)N1. The monoisotopic (exact) mass is 401 g/mol. The van der Waals surface area contributed by atoms with Crippen LogP contribution in [0.1, 0.15) is 24.2 Å². The number of fused-ring (bicyclic) bond motifs is 1. The van der Waals surface area contributed by atoms with Crippen LogP contribution in [0, 0.1) is 0 Å². The molecule has 6 heteroatoms. The second-order valence-corrected chi connectivity index (χ2v) is 8.46. The molecule has 154 valence electrons. The topological polar surface area (TPSA) is 63.1 Å². The van der Waals surface area contributed by atoms with E-state index in [0.717, 1.165) is 56.7 Å². The highest BCUT2D eigenvalue weighted by atomic mass is 16.2. The van der Waals surface area contributed by atoms with Crippen LogP contribution >= 0.6 is 0 Å². The Labute approximate surface area is 176 Å². The lowest BCUT2D eigenvalue weighted by atomic mass is 9.84. The van der Waals surface area contributed by atoms with E-state index in [-0.39, 0.29) is 18.0 Å². The van der Waals surface area contributed by atoms with Crippen LogP contribution in [0.4, 0.5) is 0 Å². The molecule has 0 aliphatic carbocycles. The van der Waals surface area contributed by atoms with Crippen molar-refractivity contribution in [1.82, 2.24) is 25.0 Å². The third-order valence-corrected chi connectivity index (χ3v) is 6.35. The summed E-state index contributed by atoms with van der Waals surface area (Å²) in [6.45, 7) is 3.29. The van der Waals surface area contributed by atoms with E-state index in [1.807, 2.05) is 30.3 Å². The largest absolute Gasteiger partial charge is 0.349 e. The molecule has 1 aromatic heterocycles. The number of benzene rings is 2. The fourth-order valence-corrected chi connectivity index (χ4v) is 4.60. The summed E-state index contributed by atoms with van der Waals surface area (Å²) in [7, 11) is 0. The summed E-state index contributed by atoms with van der Waals surface area (Å²) in [5, 5.41) is 7.94. The predicted octanol–water partition coefficient (Wildman–Crippen LogP) is 2.69. The van der Waals surface area contributed by atoms with Gasteiger partial charge in [-0.25, -0.2) is 9.67 Å². The van der Waals surface area contributed by atoms with Gasteiger partial charge in [0.1, 0.15) is 12.4 Å². The molecule has 1 N–H and O–H groups in total. The number of aromatic nitrogens is 3. The summed E-state index contributed by atoms with van der Waals surface area (Å²) in [5.74, 6) is 1.65. The molecule has 0 radical (unpaired) electrons. The lowest BCUT2D eigenvalue weighted by Gasteiger charge is -2.41. The van der Waals surface area contributed by atoms with Gasteiger partial charge in [0, 0.05) is 37.2 Å². The van der Waals surface area contributed by atoms with Gasteiger partial charge in [0.05, 0.1) is 0 Å². The number of carbonyl (C=O) groups is 1. The van der Waals surface area contributed by atoms with Crippen LogP contribution in [0.3, 0.4) is 0 Å². The Morgan fingerprint density at radius 2 is 1.67 bits per heavy atom. The zero-order valence-corrected chi connectivity index (χ0v) is 17.1. The number of hydrogen-bond acceptors (Lipinski definition) is 4. The average molecular weight is 402 g/mol. The minimum atomic E-state index is -0.213. The van der Waals surface area contributed by atoms with Crippen molar-refractivity contribution in [1.29, 1.82) is 0 Å². The summed E-state index contributed by atoms with van der Waals surface area (Å²) in [5.41, 5.74) is 2.15. The minimum absolute atomic E-state index is 0.0380. The average Bonchev–Trinajstić information content (AvgIpc) is 3.11. The summed E-state index contributed by atoms with van der Waals surface area (Å²) >= 11 is 0. The molecule has 0 bridgehead atoms. The van der Waals surface area contributed by atoms with E-state index in [4.69, 9.17) is 4.98 Å². The molecule has 2 aromatic carbocycles. The third kappa shape index (κ3) is 4.00. The molecule has 1 saturated heterocycles. The van der Waals surface area contributed by atoms with Gasteiger partial charge in [-0.3, -0.25) is 4.79 Å². The Balaban J connectivity index is 1.28. The third-order valence-electron chi connectivity index (χ3n) is 6.35. The van der Waals surface area contributed by atoms with Gasteiger partial charge < -0.3 is 10.2 Å². The van der Waals surface area contributed by atoms with Crippen LogP contribution < -0.4 is 5.32 Å². The highest BCUT2D eigenvalue weighted by Crippen LogP contribution is 2.29.